The van der Waals surface area contributed by atoms with Crippen molar-refractivity contribution in [1.29, 1.82) is 5.26 Å². The van der Waals surface area contributed by atoms with E-state index in [4.69, 9.17) is 14.7 Å². The number of hydrogen-bond acceptors (Lipinski definition) is 6. The molecule has 2 aromatic rings. The normalized spacial score (nSPS) is 12.5. The van der Waals surface area contributed by atoms with Crippen molar-refractivity contribution in [2.75, 3.05) is 13.7 Å². The highest BCUT2D eigenvalue weighted by atomic mass is 16.5. The molecule has 0 spiro atoms. The molecule has 0 bridgehead atoms. The molecule has 1 amide bonds. The van der Waals surface area contributed by atoms with E-state index in [9.17, 15) is 15.0 Å². The molecule has 0 aliphatic heterocycles. The van der Waals surface area contributed by atoms with Crippen LogP contribution in [0, 0.1) is 11.3 Å². The van der Waals surface area contributed by atoms with Crippen LogP contribution < -0.4 is 10.1 Å². The molecule has 27 heavy (non-hydrogen) atoms. The van der Waals surface area contributed by atoms with Gasteiger partial charge in [-0.1, -0.05) is 36.4 Å². The first-order chi connectivity index (χ1) is 13.0. The van der Waals surface area contributed by atoms with Crippen LogP contribution in [0.1, 0.15) is 29.2 Å². The summed E-state index contributed by atoms with van der Waals surface area (Å²) in [5.74, 6) is 0.323. The molecule has 0 radical (unpaired) electrons. The second-order valence-corrected chi connectivity index (χ2v) is 5.86. The Morgan fingerprint density at radius 3 is 2.63 bits per heavy atom. The first-order valence-corrected chi connectivity index (χ1v) is 8.44. The van der Waals surface area contributed by atoms with E-state index in [2.05, 4.69) is 5.32 Å². The fraction of sp³-hybridized carbons (Fsp3) is 0.300. The van der Waals surface area contributed by atoms with Gasteiger partial charge in [0.2, 0.25) is 0 Å². The van der Waals surface area contributed by atoms with E-state index in [-0.39, 0.29) is 19.6 Å². The first kappa shape index (κ1) is 20.2. The van der Waals surface area contributed by atoms with Crippen molar-refractivity contribution in [1.82, 2.24) is 5.32 Å². The number of aliphatic hydroxyl groups is 2. The number of amides is 1. The van der Waals surface area contributed by atoms with Crippen LogP contribution in [0.2, 0.25) is 0 Å². The molecule has 0 heterocycles. The number of alkyl carbamates (subject to hydrolysis) is 1. The summed E-state index contributed by atoms with van der Waals surface area (Å²) in [6.07, 6.45) is -2.74. The number of carbonyl (C=O) groups excluding carboxylic acids is 1. The second kappa shape index (κ2) is 10.2. The minimum absolute atomic E-state index is 0.129. The number of nitriles is 1. The molecule has 0 aliphatic carbocycles. The van der Waals surface area contributed by atoms with Crippen molar-refractivity contribution >= 4 is 6.09 Å². The number of carbonyl (C=O) groups is 1. The third-order valence-electron chi connectivity index (χ3n) is 3.97. The van der Waals surface area contributed by atoms with Gasteiger partial charge in [-0.3, -0.25) is 0 Å². The molecule has 0 fully saturated rings. The number of ether oxygens (including phenoxy) is 2. The lowest BCUT2D eigenvalue weighted by molar-refractivity contribution is 0.0135. The van der Waals surface area contributed by atoms with Crippen LogP contribution in [0.3, 0.4) is 0 Å². The van der Waals surface area contributed by atoms with Crippen LogP contribution in [0.5, 0.6) is 5.75 Å². The van der Waals surface area contributed by atoms with Crippen LogP contribution in [0.4, 0.5) is 4.79 Å². The van der Waals surface area contributed by atoms with Gasteiger partial charge in [0.1, 0.15) is 24.5 Å². The topological polar surface area (TPSA) is 112 Å². The van der Waals surface area contributed by atoms with Crippen LogP contribution >= 0.6 is 0 Å². The van der Waals surface area contributed by atoms with Gasteiger partial charge in [0.05, 0.1) is 18.8 Å². The molecule has 142 valence electrons. The Morgan fingerprint density at radius 2 is 1.96 bits per heavy atom. The van der Waals surface area contributed by atoms with Gasteiger partial charge in [-0.05, 0) is 29.7 Å². The van der Waals surface area contributed by atoms with E-state index in [1.165, 1.54) is 19.2 Å². The average molecular weight is 370 g/mol. The molecule has 2 unspecified atom stereocenters. The second-order valence-electron chi connectivity index (χ2n) is 5.86. The Kier molecular flexibility index (Phi) is 7.62. The van der Waals surface area contributed by atoms with Gasteiger partial charge in [-0.2, -0.15) is 5.26 Å². The van der Waals surface area contributed by atoms with Gasteiger partial charge in [-0.25, -0.2) is 4.79 Å². The summed E-state index contributed by atoms with van der Waals surface area (Å²) >= 11 is 0. The molecular weight excluding hydrogens is 348 g/mol. The maximum Gasteiger partial charge on any atom is 0.407 e. The minimum Gasteiger partial charge on any atom is -0.495 e. The number of nitrogens with one attached hydrogen (secondary N) is 1. The summed E-state index contributed by atoms with van der Waals surface area (Å²) in [5, 5.41) is 31.9. The summed E-state index contributed by atoms with van der Waals surface area (Å²) in [7, 11) is 1.42. The van der Waals surface area contributed by atoms with Crippen molar-refractivity contribution in [3.05, 3.63) is 65.2 Å². The van der Waals surface area contributed by atoms with Crippen LogP contribution in [0.25, 0.3) is 0 Å². The lowest BCUT2D eigenvalue weighted by Gasteiger charge is -2.19. The quantitative estimate of drug-likeness (QED) is 0.657. The third-order valence-corrected chi connectivity index (χ3v) is 3.97. The smallest absolute Gasteiger partial charge is 0.407 e. The zero-order chi connectivity index (χ0) is 19.6. The molecule has 2 rings (SSSR count). The Hall–Kier alpha value is -3.08. The maximum atomic E-state index is 11.7. The Labute approximate surface area is 157 Å². The maximum absolute atomic E-state index is 11.7. The van der Waals surface area contributed by atoms with E-state index < -0.39 is 18.3 Å². The molecular formula is C20H22N2O5. The van der Waals surface area contributed by atoms with E-state index in [0.29, 0.717) is 16.9 Å². The SMILES string of the molecule is COc1cc(C(O)C(O)CCNC(=O)OCc2ccccc2)ccc1C#N. The van der Waals surface area contributed by atoms with Gasteiger partial charge < -0.3 is 25.0 Å². The van der Waals surface area contributed by atoms with E-state index >= 15 is 0 Å². The van der Waals surface area contributed by atoms with E-state index in [1.807, 2.05) is 36.4 Å². The van der Waals surface area contributed by atoms with Crippen LogP contribution in [0.15, 0.2) is 48.5 Å². The van der Waals surface area contributed by atoms with Crippen molar-refractivity contribution < 1.29 is 24.5 Å². The van der Waals surface area contributed by atoms with E-state index in [0.717, 1.165) is 5.56 Å². The molecule has 0 aromatic heterocycles. The average Bonchev–Trinajstić information content (AvgIpc) is 2.71. The largest absolute Gasteiger partial charge is 0.495 e. The predicted molar refractivity (Wildman–Crippen MR) is 97.9 cm³/mol. The fourth-order valence-corrected chi connectivity index (χ4v) is 2.46. The molecule has 7 heteroatoms. The molecule has 7 nitrogen and oxygen atoms in total. The zero-order valence-corrected chi connectivity index (χ0v) is 15.0. The van der Waals surface area contributed by atoms with Crippen LogP contribution in [-0.4, -0.2) is 36.1 Å². The minimum atomic E-state index is -1.17. The molecule has 0 saturated carbocycles. The predicted octanol–water partition coefficient (Wildman–Crippen LogP) is 2.28. The summed E-state index contributed by atoms with van der Waals surface area (Å²) in [6.45, 7) is 0.294. The summed E-state index contributed by atoms with van der Waals surface area (Å²) in [5.41, 5.74) is 1.63. The van der Waals surface area contributed by atoms with E-state index in [1.54, 1.807) is 6.07 Å². The number of benzene rings is 2. The van der Waals surface area contributed by atoms with Gasteiger partial charge >= 0.3 is 6.09 Å². The Bertz CT molecular complexity index is 789. The van der Waals surface area contributed by atoms with Crippen molar-refractivity contribution in [2.24, 2.45) is 0 Å². The highest BCUT2D eigenvalue weighted by Crippen LogP contribution is 2.25. The Morgan fingerprint density at radius 1 is 1.22 bits per heavy atom. The van der Waals surface area contributed by atoms with Crippen molar-refractivity contribution in [3.8, 4) is 11.8 Å². The molecule has 3 N–H and O–H groups in total. The lowest BCUT2D eigenvalue weighted by atomic mass is 10.0. The van der Waals surface area contributed by atoms with Crippen molar-refractivity contribution in [3.63, 3.8) is 0 Å². The summed E-state index contributed by atoms with van der Waals surface area (Å²) in [6, 6.07) is 15.8. The highest BCUT2D eigenvalue weighted by Gasteiger charge is 2.20. The summed E-state index contributed by atoms with van der Waals surface area (Å²) in [4.78, 5) is 11.7. The number of hydrogen-bond donors (Lipinski definition) is 3. The summed E-state index contributed by atoms with van der Waals surface area (Å²) < 4.78 is 10.2. The highest BCUT2D eigenvalue weighted by molar-refractivity contribution is 5.67. The fourth-order valence-electron chi connectivity index (χ4n) is 2.46. The number of methoxy groups -OCH3 is 1. The number of nitrogens with zero attached hydrogens (tertiary/aromatic N) is 1. The van der Waals surface area contributed by atoms with Crippen molar-refractivity contribution in [2.45, 2.75) is 25.2 Å². The Balaban J connectivity index is 1.78. The number of rotatable bonds is 8. The monoisotopic (exact) mass is 370 g/mol. The molecule has 0 aliphatic rings. The van der Waals surface area contributed by atoms with Gasteiger partial charge in [0.25, 0.3) is 0 Å². The molecule has 0 saturated heterocycles. The number of aliphatic hydroxyl groups excluding tert-OH is 2. The standard InChI is InChI=1S/C20H22N2O5/c1-26-18-11-15(7-8-16(18)12-21)19(24)17(23)9-10-22-20(25)27-13-14-5-3-2-4-6-14/h2-8,11,17,19,23-24H,9-10,13H2,1H3,(H,22,25). The molecule has 2 atom stereocenters. The van der Waals surface area contributed by atoms with Gasteiger partial charge in [0.15, 0.2) is 0 Å². The first-order valence-electron chi connectivity index (χ1n) is 8.44. The van der Waals surface area contributed by atoms with Crippen LogP contribution in [-0.2, 0) is 11.3 Å². The van der Waals surface area contributed by atoms with Gasteiger partial charge in [-0.15, -0.1) is 0 Å². The third kappa shape index (κ3) is 5.99. The lowest BCUT2D eigenvalue weighted by Crippen LogP contribution is -2.29. The van der Waals surface area contributed by atoms with Gasteiger partial charge in [0, 0.05) is 6.54 Å². The molecule has 2 aromatic carbocycles. The zero-order valence-electron chi connectivity index (χ0n) is 15.0.